The molecule has 102 valence electrons. The number of nitrogens with zero attached hydrogens (tertiary/aromatic N) is 2. The number of hydrogen-bond donors (Lipinski definition) is 2. The molecule has 0 aromatic rings. The van der Waals surface area contributed by atoms with Crippen molar-refractivity contribution in [2.24, 2.45) is 0 Å². The van der Waals surface area contributed by atoms with E-state index in [1.54, 1.807) is 0 Å². The molecule has 0 aromatic heterocycles. The van der Waals surface area contributed by atoms with Crippen molar-refractivity contribution in [3.63, 3.8) is 0 Å². The summed E-state index contributed by atoms with van der Waals surface area (Å²) in [6.07, 6.45) is 2.25. The number of hydrogen-bond acceptors (Lipinski definition) is 4. The summed E-state index contributed by atoms with van der Waals surface area (Å²) in [5.74, 6) is -0.691. The second-order valence-electron chi connectivity index (χ2n) is 5.34. The molecule has 0 radical (unpaired) electrons. The van der Waals surface area contributed by atoms with Crippen LogP contribution in [0.1, 0.15) is 19.3 Å². The van der Waals surface area contributed by atoms with E-state index in [-0.39, 0.29) is 17.9 Å². The molecule has 2 N–H and O–H groups in total. The Labute approximate surface area is 107 Å². The molecule has 0 saturated carbocycles. The van der Waals surface area contributed by atoms with Gasteiger partial charge in [0, 0.05) is 26.2 Å². The maximum Gasteiger partial charge on any atom is 0.305 e. The van der Waals surface area contributed by atoms with Crippen molar-refractivity contribution in [3.05, 3.63) is 0 Å². The molecule has 0 aliphatic carbocycles. The van der Waals surface area contributed by atoms with Gasteiger partial charge in [0.1, 0.15) is 0 Å². The van der Waals surface area contributed by atoms with E-state index in [0.29, 0.717) is 19.6 Å². The van der Waals surface area contributed by atoms with E-state index in [1.807, 2.05) is 16.8 Å². The van der Waals surface area contributed by atoms with Crippen LogP contribution in [-0.2, 0) is 9.59 Å². The number of aliphatic carboxylic acids is 1. The lowest BCUT2D eigenvalue weighted by Gasteiger charge is -2.48. The molecular weight excluding hydrogens is 234 g/mol. The third-order valence-corrected chi connectivity index (χ3v) is 4.03. The smallest absolute Gasteiger partial charge is 0.305 e. The van der Waals surface area contributed by atoms with Crippen molar-refractivity contribution in [2.75, 3.05) is 39.8 Å². The van der Waals surface area contributed by atoms with Crippen molar-refractivity contribution in [1.29, 1.82) is 0 Å². The van der Waals surface area contributed by atoms with E-state index >= 15 is 0 Å². The molecule has 0 aromatic carbocycles. The van der Waals surface area contributed by atoms with Crippen LogP contribution in [0.3, 0.4) is 0 Å². The Hall–Kier alpha value is -1.14. The van der Waals surface area contributed by atoms with Crippen LogP contribution >= 0.6 is 0 Å². The molecule has 0 bridgehead atoms. The molecule has 2 heterocycles. The fourth-order valence-electron chi connectivity index (χ4n) is 2.66. The maximum absolute atomic E-state index is 12.0. The van der Waals surface area contributed by atoms with E-state index in [1.165, 1.54) is 0 Å². The number of amides is 1. The number of carboxylic acid groups (broad SMARTS) is 1. The summed E-state index contributed by atoms with van der Waals surface area (Å²) in [6, 6.07) is 0. The number of rotatable bonds is 5. The standard InChI is InChI=1S/C12H21N3O3/c1-14(7-10(16)15-4-2-3-5-15)12(6-11(17)18)8-13-9-12/h13H,2-9H2,1H3,(H,17,18). The normalized spacial score (nSPS) is 22.0. The van der Waals surface area contributed by atoms with Gasteiger partial charge in [0.15, 0.2) is 0 Å². The first-order chi connectivity index (χ1) is 8.53. The van der Waals surface area contributed by atoms with Gasteiger partial charge in [-0.2, -0.15) is 0 Å². The summed E-state index contributed by atoms with van der Waals surface area (Å²) in [7, 11) is 1.84. The van der Waals surface area contributed by atoms with Crippen LogP contribution in [0.2, 0.25) is 0 Å². The minimum absolute atomic E-state index is 0.0871. The Morgan fingerprint density at radius 1 is 1.33 bits per heavy atom. The Kier molecular flexibility index (Phi) is 3.87. The quantitative estimate of drug-likeness (QED) is 0.683. The Morgan fingerprint density at radius 2 is 1.94 bits per heavy atom. The predicted molar refractivity (Wildman–Crippen MR) is 66.3 cm³/mol. The van der Waals surface area contributed by atoms with Gasteiger partial charge in [0.05, 0.1) is 18.5 Å². The van der Waals surface area contributed by atoms with Crippen molar-refractivity contribution >= 4 is 11.9 Å². The van der Waals surface area contributed by atoms with Gasteiger partial charge < -0.3 is 15.3 Å². The van der Waals surface area contributed by atoms with Gasteiger partial charge in [-0.1, -0.05) is 0 Å². The number of carbonyl (C=O) groups excluding carboxylic acids is 1. The zero-order valence-corrected chi connectivity index (χ0v) is 10.8. The highest BCUT2D eigenvalue weighted by Gasteiger charge is 2.43. The van der Waals surface area contributed by atoms with Crippen molar-refractivity contribution < 1.29 is 14.7 Å². The van der Waals surface area contributed by atoms with E-state index in [9.17, 15) is 9.59 Å². The van der Waals surface area contributed by atoms with E-state index in [2.05, 4.69) is 5.32 Å². The summed E-state index contributed by atoms with van der Waals surface area (Å²) in [4.78, 5) is 26.7. The largest absolute Gasteiger partial charge is 0.481 e. The molecule has 2 fully saturated rings. The highest BCUT2D eigenvalue weighted by atomic mass is 16.4. The average Bonchev–Trinajstić information content (AvgIpc) is 2.76. The number of carbonyl (C=O) groups is 2. The first kappa shape index (κ1) is 13.3. The van der Waals surface area contributed by atoms with Gasteiger partial charge >= 0.3 is 5.97 Å². The second-order valence-corrected chi connectivity index (χ2v) is 5.34. The van der Waals surface area contributed by atoms with E-state index < -0.39 is 5.97 Å². The first-order valence-electron chi connectivity index (χ1n) is 6.45. The summed E-state index contributed by atoms with van der Waals surface area (Å²) in [5, 5.41) is 12.1. The molecule has 2 aliphatic heterocycles. The fraction of sp³-hybridized carbons (Fsp3) is 0.833. The molecule has 1 amide bonds. The monoisotopic (exact) mass is 255 g/mol. The summed E-state index contributed by atoms with van der Waals surface area (Å²) >= 11 is 0. The minimum Gasteiger partial charge on any atom is -0.481 e. The molecule has 2 aliphatic rings. The zero-order chi connectivity index (χ0) is 13.2. The highest BCUT2D eigenvalue weighted by molar-refractivity contribution is 5.78. The number of carboxylic acids is 1. The van der Waals surface area contributed by atoms with Crippen molar-refractivity contribution in [3.8, 4) is 0 Å². The molecular formula is C12H21N3O3. The van der Waals surface area contributed by atoms with Crippen LogP contribution in [0.5, 0.6) is 0 Å². The summed E-state index contributed by atoms with van der Waals surface area (Å²) < 4.78 is 0. The van der Waals surface area contributed by atoms with E-state index in [4.69, 9.17) is 5.11 Å². The molecule has 6 heteroatoms. The lowest BCUT2D eigenvalue weighted by Crippen LogP contribution is -2.69. The van der Waals surface area contributed by atoms with E-state index in [0.717, 1.165) is 25.9 Å². The van der Waals surface area contributed by atoms with Gasteiger partial charge in [0.2, 0.25) is 5.91 Å². The molecule has 2 rings (SSSR count). The maximum atomic E-state index is 12.0. The Balaban J connectivity index is 1.91. The van der Waals surface area contributed by atoms with Gasteiger partial charge in [-0.15, -0.1) is 0 Å². The van der Waals surface area contributed by atoms with Crippen LogP contribution in [0.4, 0.5) is 0 Å². The van der Waals surface area contributed by atoms with Gasteiger partial charge in [0.25, 0.3) is 0 Å². The first-order valence-corrected chi connectivity index (χ1v) is 6.45. The minimum atomic E-state index is -0.808. The summed E-state index contributed by atoms with van der Waals surface area (Å²) in [5.41, 5.74) is -0.388. The topological polar surface area (TPSA) is 72.9 Å². The van der Waals surface area contributed by atoms with Crippen LogP contribution in [0.15, 0.2) is 0 Å². The zero-order valence-electron chi connectivity index (χ0n) is 10.8. The van der Waals surface area contributed by atoms with Gasteiger partial charge in [-0.25, -0.2) is 0 Å². The number of nitrogens with one attached hydrogen (secondary N) is 1. The second kappa shape index (κ2) is 5.24. The molecule has 0 spiro atoms. The molecule has 18 heavy (non-hydrogen) atoms. The number of likely N-dealkylation sites (N-methyl/N-ethyl adjacent to an activating group) is 1. The Morgan fingerprint density at radius 3 is 2.39 bits per heavy atom. The van der Waals surface area contributed by atoms with Crippen LogP contribution < -0.4 is 5.32 Å². The van der Waals surface area contributed by atoms with Crippen LogP contribution in [-0.4, -0.2) is 72.1 Å². The third-order valence-electron chi connectivity index (χ3n) is 4.03. The Bertz CT molecular complexity index is 335. The fourth-order valence-corrected chi connectivity index (χ4v) is 2.66. The molecule has 0 atom stereocenters. The third kappa shape index (κ3) is 2.64. The average molecular weight is 255 g/mol. The van der Waals surface area contributed by atoms with Gasteiger partial charge in [-0.3, -0.25) is 14.5 Å². The lowest BCUT2D eigenvalue weighted by molar-refractivity contribution is -0.144. The molecule has 2 saturated heterocycles. The highest BCUT2D eigenvalue weighted by Crippen LogP contribution is 2.23. The predicted octanol–water partition coefficient (Wildman–Crippen LogP) is -0.643. The van der Waals surface area contributed by atoms with Crippen LogP contribution in [0.25, 0.3) is 0 Å². The summed E-state index contributed by atoms with van der Waals surface area (Å²) in [6.45, 7) is 3.29. The molecule has 6 nitrogen and oxygen atoms in total. The van der Waals surface area contributed by atoms with Crippen molar-refractivity contribution in [2.45, 2.75) is 24.8 Å². The molecule has 0 unspecified atom stereocenters. The van der Waals surface area contributed by atoms with Gasteiger partial charge in [-0.05, 0) is 19.9 Å². The number of likely N-dealkylation sites (tertiary alicyclic amines) is 1. The SMILES string of the molecule is CN(CC(=O)N1CCCC1)C1(CC(=O)O)CNC1. The van der Waals surface area contributed by atoms with Crippen molar-refractivity contribution in [1.82, 2.24) is 15.1 Å². The lowest BCUT2D eigenvalue weighted by atomic mass is 9.87. The van der Waals surface area contributed by atoms with Crippen LogP contribution in [0, 0.1) is 0 Å².